The molecule has 0 aromatic heterocycles. The average Bonchev–Trinajstić information content (AvgIpc) is 2.78. The van der Waals surface area contributed by atoms with E-state index in [0.29, 0.717) is 18.6 Å². The summed E-state index contributed by atoms with van der Waals surface area (Å²) in [6.07, 6.45) is 12.4. The van der Waals surface area contributed by atoms with Crippen LogP contribution in [0.15, 0.2) is 18.2 Å². The van der Waals surface area contributed by atoms with Gasteiger partial charge in [0.1, 0.15) is 5.75 Å². The number of rotatable bonds is 18. The molecule has 36 heavy (non-hydrogen) atoms. The van der Waals surface area contributed by atoms with Crippen LogP contribution >= 0.6 is 0 Å². The zero-order valence-corrected chi connectivity index (χ0v) is 24.4. The standard InChI is InChI=1S/C28H49NO6Si/c1-7-8-9-10-11-12-13-14-15-16-17-23(20-21-34-36(5,6)28(2,3)4)25-22-24(29(32)33)18-19-26(25)35-27(30)31/h18-19,22-23H,7-17,20-21H2,1-6H3,(H,30,31). The highest BCUT2D eigenvalue weighted by Crippen LogP contribution is 2.39. The van der Waals surface area contributed by atoms with Crippen LogP contribution in [0.2, 0.25) is 18.1 Å². The molecule has 1 aromatic rings. The molecule has 0 aliphatic carbocycles. The number of benzene rings is 1. The number of ether oxygens (including phenoxy) is 1. The molecule has 1 unspecified atom stereocenters. The van der Waals surface area contributed by atoms with Gasteiger partial charge in [-0.2, -0.15) is 0 Å². The molecule has 0 bridgehead atoms. The van der Waals surface area contributed by atoms with Gasteiger partial charge in [0.2, 0.25) is 0 Å². The predicted molar refractivity (Wildman–Crippen MR) is 149 cm³/mol. The molecule has 0 aliphatic heterocycles. The first-order chi connectivity index (χ1) is 16.9. The van der Waals surface area contributed by atoms with E-state index in [1.807, 2.05) is 0 Å². The lowest BCUT2D eigenvalue weighted by atomic mass is 9.89. The zero-order valence-electron chi connectivity index (χ0n) is 23.4. The second-order valence-corrected chi connectivity index (χ2v) is 16.2. The van der Waals surface area contributed by atoms with Gasteiger partial charge in [0, 0.05) is 24.3 Å². The minimum Gasteiger partial charge on any atom is -0.449 e. The molecule has 0 heterocycles. The molecule has 0 saturated heterocycles. The SMILES string of the molecule is CCCCCCCCCCCCC(CCO[Si](C)(C)C(C)(C)C)c1cc([N+](=O)[O-])ccc1OC(=O)O. The predicted octanol–water partition coefficient (Wildman–Crippen LogP) is 9.46. The normalized spacial score (nSPS) is 12.9. The van der Waals surface area contributed by atoms with Crippen LogP contribution in [0.4, 0.5) is 10.5 Å². The molecule has 0 fully saturated rings. The van der Waals surface area contributed by atoms with Crippen LogP contribution in [0, 0.1) is 10.1 Å². The van der Waals surface area contributed by atoms with E-state index in [-0.39, 0.29) is 22.4 Å². The lowest BCUT2D eigenvalue weighted by Crippen LogP contribution is -2.41. The quantitative estimate of drug-likeness (QED) is 0.0513. The molecule has 1 aromatic carbocycles. The molecule has 1 rings (SSSR count). The van der Waals surface area contributed by atoms with Crippen LogP contribution in [0.3, 0.4) is 0 Å². The smallest absolute Gasteiger partial charge is 0.449 e. The number of carbonyl (C=O) groups is 1. The summed E-state index contributed by atoms with van der Waals surface area (Å²) in [6.45, 7) is 13.8. The molecular formula is C28H49NO6Si. The van der Waals surface area contributed by atoms with Crippen molar-refractivity contribution in [2.45, 2.75) is 129 Å². The van der Waals surface area contributed by atoms with Gasteiger partial charge in [0.05, 0.1) is 4.92 Å². The molecule has 0 aliphatic rings. The van der Waals surface area contributed by atoms with Crippen LogP contribution in [0.25, 0.3) is 0 Å². The van der Waals surface area contributed by atoms with Gasteiger partial charge >= 0.3 is 6.16 Å². The van der Waals surface area contributed by atoms with Crippen LogP contribution in [0.5, 0.6) is 5.75 Å². The lowest BCUT2D eigenvalue weighted by molar-refractivity contribution is -0.385. The zero-order chi connectivity index (χ0) is 27.2. The third-order valence-electron chi connectivity index (χ3n) is 7.48. The Hall–Kier alpha value is -1.93. The minimum atomic E-state index is -1.94. The number of hydrogen-bond donors (Lipinski definition) is 1. The van der Waals surface area contributed by atoms with Gasteiger partial charge < -0.3 is 14.3 Å². The molecule has 206 valence electrons. The molecular weight excluding hydrogens is 474 g/mol. The minimum absolute atomic E-state index is 0.0545. The summed E-state index contributed by atoms with van der Waals surface area (Å²) in [6, 6.07) is 4.18. The van der Waals surface area contributed by atoms with Crippen molar-refractivity contribution in [3.8, 4) is 5.75 Å². The lowest BCUT2D eigenvalue weighted by Gasteiger charge is -2.36. The molecule has 0 saturated carbocycles. The highest BCUT2D eigenvalue weighted by Gasteiger charge is 2.37. The number of nitro groups is 1. The van der Waals surface area contributed by atoms with E-state index < -0.39 is 19.4 Å². The number of nitro benzene ring substituents is 1. The highest BCUT2D eigenvalue weighted by atomic mass is 28.4. The van der Waals surface area contributed by atoms with Crippen LogP contribution in [-0.4, -0.2) is 31.1 Å². The van der Waals surface area contributed by atoms with Crippen LogP contribution < -0.4 is 4.74 Å². The molecule has 0 spiro atoms. The van der Waals surface area contributed by atoms with Gasteiger partial charge in [-0.25, -0.2) is 4.79 Å². The van der Waals surface area contributed by atoms with Crippen molar-refractivity contribution in [2.24, 2.45) is 0 Å². The summed E-state index contributed by atoms with van der Waals surface area (Å²) < 4.78 is 11.4. The third kappa shape index (κ3) is 11.9. The fraction of sp³-hybridized carbons (Fsp3) is 0.750. The van der Waals surface area contributed by atoms with Crippen LogP contribution in [-0.2, 0) is 4.43 Å². The van der Waals surface area contributed by atoms with E-state index in [9.17, 15) is 20.0 Å². The third-order valence-corrected chi connectivity index (χ3v) is 12.0. The number of unbranched alkanes of at least 4 members (excludes halogenated alkanes) is 9. The van der Waals surface area contributed by atoms with E-state index in [2.05, 4.69) is 40.8 Å². The van der Waals surface area contributed by atoms with E-state index in [1.54, 1.807) is 0 Å². The van der Waals surface area contributed by atoms with Crippen molar-refractivity contribution in [2.75, 3.05) is 6.61 Å². The van der Waals surface area contributed by atoms with Gasteiger partial charge in [-0.15, -0.1) is 0 Å². The van der Waals surface area contributed by atoms with Crippen molar-refractivity contribution >= 4 is 20.2 Å². The fourth-order valence-electron chi connectivity index (χ4n) is 4.16. The second-order valence-electron chi connectivity index (χ2n) is 11.4. The monoisotopic (exact) mass is 523 g/mol. The van der Waals surface area contributed by atoms with Crippen molar-refractivity contribution in [1.82, 2.24) is 0 Å². The Morgan fingerprint density at radius 2 is 1.56 bits per heavy atom. The number of hydrogen-bond acceptors (Lipinski definition) is 5. The Labute approximate surface area is 219 Å². The largest absolute Gasteiger partial charge is 0.511 e. The molecule has 1 atom stereocenters. The summed E-state index contributed by atoms with van der Waals surface area (Å²) in [5.41, 5.74) is 0.530. The van der Waals surface area contributed by atoms with Gasteiger partial charge in [-0.1, -0.05) is 91.9 Å². The number of nitrogens with zero attached hydrogens (tertiary/aromatic N) is 1. The Balaban J connectivity index is 2.86. The summed E-state index contributed by atoms with van der Waals surface area (Å²) in [4.78, 5) is 22.3. The molecule has 1 N–H and O–H groups in total. The number of non-ortho nitro benzene ring substituents is 1. The van der Waals surface area contributed by atoms with Crippen molar-refractivity contribution in [1.29, 1.82) is 0 Å². The van der Waals surface area contributed by atoms with Crippen LogP contribution in [0.1, 0.15) is 116 Å². The Bertz CT molecular complexity index is 806. The van der Waals surface area contributed by atoms with Gasteiger partial charge in [-0.3, -0.25) is 10.1 Å². The summed E-state index contributed by atoms with van der Waals surface area (Å²) in [7, 11) is -1.94. The van der Waals surface area contributed by atoms with Gasteiger partial charge in [0.25, 0.3) is 5.69 Å². The fourth-order valence-corrected chi connectivity index (χ4v) is 5.22. The topological polar surface area (TPSA) is 98.9 Å². The molecule has 0 amide bonds. The average molecular weight is 524 g/mol. The second kappa shape index (κ2) is 16.0. The first kappa shape index (κ1) is 32.1. The van der Waals surface area contributed by atoms with Crippen molar-refractivity contribution in [3.63, 3.8) is 0 Å². The highest BCUT2D eigenvalue weighted by molar-refractivity contribution is 6.74. The first-order valence-electron chi connectivity index (χ1n) is 13.7. The van der Waals surface area contributed by atoms with E-state index in [4.69, 9.17) is 9.16 Å². The Morgan fingerprint density at radius 3 is 2.06 bits per heavy atom. The maximum atomic E-state index is 11.4. The van der Waals surface area contributed by atoms with E-state index >= 15 is 0 Å². The first-order valence-corrected chi connectivity index (χ1v) is 16.6. The Kier molecular flexibility index (Phi) is 14.3. The van der Waals surface area contributed by atoms with E-state index in [0.717, 1.165) is 19.3 Å². The summed E-state index contributed by atoms with van der Waals surface area (Å²) in [5, 5.41) is 20.7. The van der Waals surface area contributed by atoms with Gasteiger partial charge in [-0.05, 0) is 43.0 Å². The molecule has 8 heteroatoms. The number of carboxylic acid groups (broad SMARTS) is 1. The Morgan fingerprint density at radius 1 is 1.00 bits per heavy atom. The molecule has 0 radical (unpaired) electrons. The van der Waals surface area contributed by atoms with E-state index in [1.165, 1.54) is 69.6 Å². The van der Waals surface area contributed by atoms with Crippen molar-refractivity contribution < 1.29 is 24.0 Å². The summed E-state index contributed by atoms with van der Waals surface area (Å²) >= 11 is 0. The maximum absolute atomic E-state index is 11.4. The summed E-state index contributed by atoms with van der Waals surface area (Å²) in [5.74, 6) is 0.107. The van der Waals surface area contributed by atoms with Crippen molar-refractivity contribution in [3.05, 3.63) is 33.9 Å². The van der Waals surface area contributed by atoms with Gasteiger partial charge in [0.15, 0.2) is 8.32 Å². The molecule has 7 nitrogen and oxygen atoms in total. The maximum Gasteiger partial charge on any atom is 0.511 e.